The quantitative estimate of drug-likeness (QED) is 0.716. The van der Waals surface area contributed by atoms with Crippen molar-refractivity contribution in [3.63, 3.8) is 0 Å². The number of aromatic nitrogens is 1. The summed E-state index contributed by atoms with van der Waals surface area (Å²) in [4.78, 5) is 6.48. The average Bonchev–Trinajstić information content (AvgIpc) is 2.28. The van der Waals surface area contributed by atoms with Gasteiger partial charge in [0.05, 0.1) is 7.11 Å². The summed E-state index contributed by atoms with van der Waals surface area (Å²) < 4.78 is 5.06. The molecule has 1 aromatic heterocycles. The molecule has 1 aromatic rings. The van der Waals surface area contributed by atoms with Gasteiger partial charge in [0, 0.05) is 12.6 Å². The lowest BCUT2D eigenvalue weighted by molar-refractivity contribution is 0.396. The number of methoxy groups -OCH3 is 1. The Morgan fingerprint density at radius 1 is 1.31 bits per heavy atom. The summed E-state index contributed by atoms with van der Waals surface area (Å²) in [7, 11) is 5.82. The van der Waals surface area contributed by atoms with Crippen LogP contribution in [-0.2, 0) is 0 Å². The molecule has 1 N–H and O–H groups in total. The lowest BCUT2D eigenvalue weighted by atomic mass is 10.3. The largest absolute Gasteiger partial charge is 0.481 e. The number of nitrogens with zero attached hydrogens (tertiary/aromatic N) is 2. The first-order valence-electron chi connectivity index (χ1n) is 5.62. The highest BCUT2D eigenvalue weighted by molar-refractivity contribution is 5.36. The second-order valence-corrected chi connectivity index (χ2v) is 4.00. The third-order valence-electron chi connectivity index (χ3n) is 2.27. The molecular formula is C12H21N3O. The Morgan fingerprint density at radius 2 is 2.12 bits per heavy atom. The molecule has 0 bridgehead atoms. The maximum Gasteiger partial charge on any atom is 0.214 e. The van der Waals surface area contributed by atoms with Gasteiger partial charge in [-0.05, 0) is 39.5 Å². The molecule has 0 aliphatic carbocycles. The molecule has 16 heavy (non-hydrogen) atoms. The van der Waals surface area contributed by atoms with E-state index in [9.17, 15) is 0 Å². The van der Waals surface area contributed by atoms with Gasteiger partial charge in [0.25, 0.3) is 0 Å². The molecule has 0 atom stereocenters. The average molecular weight is 223 g/mol. The summed E-state index contributed by atoms with van der Waals surface area (Å²) in [5.74, 6) is 1.53. The minimum absolute atomic E-state index is 0.651. The number of unbranched alkanes of at least 4 members (excludes halogenated alkanes) is 1. The molecule has 0 unspecified atom stereocenters. The van der Waals surface area contributed by atoms with E-state index in [1.54, 1.807) is 7.11 Å². The van der Waals surface area contributed by atoms with Gasteiger partial charge in [-0.1, -0.05) is 6.07 Å². The van der Waals surface area contributed by atoms with Crippen LogP contribution in [0.4, 0.5) is 5.82 Å². The number of ether oxygens (including phenoxy) is 1. The normalized spacial score (nSPS) is 10.5. The standard InChI is InChI=1S/C12H21N3O/c1-15(2)10-5-4-9-13-11-7-6-8-12(14-11)16-3/h6-8H,4-5,9-10H2,1-3H3,(H,13,14). The Morgan fingerprint density at radius 3 is 2.81 bits per heavy atom. The fraction of sp³-hybridized carbons (Fsp3) is 0.583. The first kappa shape index (κ1) is 12.8. The zero-order valence-electron chi connectivity index (χ0n) is 10.4. The molecule has 4 nitrogen and oxygen atoms in total. The topological polar surface area (TPSA) is 37.4 Å². The minimum Gasteiger partial charge on any atom is -0.481 e. The van der Waals surface area contributed by atoms with Crippen LogP contribution in [0.2, 0.25) is 0 Å². The number of hydrogen-bond donors (Lipinski definition) is 1. The van der Waals surface area contributed by atoms with Crippen LogP contribution in [-0.4, -0.2) is 44.2 Å². The van der Waals surface area contributed by atoms with Crippen LogP contribution in [0.5, 0.6) is 5.88 Å². The maximum absolute atomic E-state index is 5.06. The van der Waals surface area contributed by atoms with Gasteiger partial charge in [0.1, 0.15) is 5.82 Å². The zero-order chi connectivity index (χ0) is 11.8. The Labute approximate surface area is 97.6 Å². The van der Waals surface area contributed by atoms with Crippen molar-refractivity contribution in [1.82, 2.24) is 9.88 Å². The fourth-order valence-corrected chi connectivity index (χ4v) is 1.40. The third-order valence-corrected chi connectivity index (χ3v) is 2.27. The Bertz CT molecular complexity index is 302. The van der Waals surface area contributed by atoms with Gasteiger partial charge >= 0.3 is 0 Å². The summed E-state index contributed by atoms with van der Waals surface area (Å²) in [6.07, 6.45) is 2.35. The van der Waals surface area contributed by atoms with Crippen molar-refractivity contribution < 1.29 is 4.74 Å². The number of anilines is 1. The van der Waals surface area contributed by atoms with E-state index in [1.165, 1.54) is 6.42 Å². The molecular weight excluding hydrogens is 202 g/mol. The second-order valence-electron chi connectivity index (χ2n) is 4.00. The summed E-state index contributed by atoms with van der Waals surface area (Å²) in [5, 5.41) is 3.28. The van der Waals surface area contributed by atoms with Crippen molar-refractivity contribution in [3.05, 3.63) is 18.2 Å². The Balaban J connectivity index is 2.21. The molecule has 0 amide bonds. The van der Waals surface area contributed by atoms with E-state index in [0.29, 0.717) is 5.88 Å². The summed E-state index contributed by atoms with van der Waals surface area (Å²) in [5.41, 5.74) is 0. The van der Waals surface area contributed by atoms with E-state index in [-0.39, 0.29) is 0 Å². The van der Waals surface area contributed by atoms with Crippen molar-refractivity contribution in [1.29, 1.82) is 0 Å². The van der Waals surface area contributed by atoms with Crippen LogP contribution < -0.4 is 10.1 Å². The van der Waals surface area contributed by atoms with Crippen LogP contribution in [0.1, 0.15) is 12.8 Å². The highest BCUT2D eigenvalue weighted by Crippen LogP contribution is 2.10. The number of rotatable bonds is 7. The van der Waals surface area contributed by atoms with Crippen LogP contribution in [0.15, 0.2) is 18.2 Å². The van der Waals surface area contributed by atoms with Gasteiger partial charge in [-0.2, -0.15) is 4.98 Å². The molecule has 0 radical (unpaired) electrons. The van der Waals surface area contributed by atoms with Crippen LogP contribution in [0, 0.1) is 0 Å². The highest BCUT2D eigenvalue weighted by Gasteiger charge is 1.96. The van der Waals surface area contributed by atoms with E-state index in [0.717, 1.165) is 25.3 Å². The SMILES string of the molecule is COc1cccc(NCCCCN(C)C)n1. The lowest BCUT2D eigenvalue weighted by Crippen LogP contribution is -2.14. The van der Waals surface area contributed by atoms with E-state index in [2.05, 4.69) is 29.3 Å². The van der Waals surface area contributed by atoms with Crippen molar-refractivity contribution in [3.8, 4) is 5.88 Å². The molecule has 0 spiro atoms. The van der Waals surface area contributed by atoms with Crippen LogP contribution in [0.25, 0.3) is 0 Å². The van der Waals surface area contributed by atoms with Crippen molar-refractivity contribution >= 4 is 5.82 Å². The van der Waals surface area contributed by atoms with Gasteiger partial charge in [-0.15, -0.1) is 0 Å². The summed E-state index contributed by atoms with van der Waals surface area (Å²) in [6, 6.07) is 5.74. The number of pyridine rings is 1. The molecule has 90 valence electrons. The second kappa shape index (κ2) is 7.06. The van der Waals surface area contributed by atoms with Crippen molar-refractivity contribution in [2.75, 3.05) is 39.6 Å². The molecule has 1 heterocycles. The molecule has 0 fully saturated rings. The first-order valence-corrected chi connectivity index (χ1v) is 5.62. The minimum atomic E-state index is 0.651. The molecule has 1 rings (SSSR count). The maximum atomic E-state index is 5.06. The van der Waals surface area contributed by atoms with Gasteiger partial charge in [-0.3, -0.25) is 0 Å². The zero-order valence-corrected chi connectivity index (χ0v) is 10.4. The molecule has 0 aliphatic rings. The smallest absolute Gasteiger partial charge is 0.214 e. The first-order chi connectivity index (χ1) is 7.72. The number of hydrogen-bond acceptors (Lipinski definition) is 4. The van der Waals surface area contributed by atoms with Gasteiger partial charge in [0.15, 0.2) is 0 Å². The van der Waals surface area contributed by atoms with Gasteiger partial charge in [-0.25, -0.2) is 0 Å². The Hall–Kier alpha value is -1.29. The highest BCUT2D eigenvalue weighted by atomic mass is 16.5. The molecule has 0 saturated carbocycles. The summed E-state index contributed by atoms with van der Waals surface area (Å²) >= 11 is 0. The van der Waals surface area contributed by atoms with Gasteiger partial charge in [0.2, 0.25) is 5.88 Å². The molecule has 0 saturated heterocycles. The van der Waals surface area contributed by atoms with E-state index in [4.69, 9.17) is 4.74 Å². The lowest BCUT2D eigenvalue weighted by Gasteiger charge is -2.10. The van der Waals surface area contributed by atoms with E-state index < -0.39 is 0 Å². The predicted octanol–water partition coefficient (Wildman–Crippen LogP) is 1.84. The van der Waals surface area contributed by atoms with Crippen LogP contribution in [0.3, 0.4) is 0 Å². The van der Waals surface area contributed by atoms with Gasteiger partial charge < -0.3 is 15.0 Å². The number of nitrogens with one attached hydrogen (secondary N) is 1. The van der Waals surface area contributed by atoms with Crippen molar-refractivity contribution in [2.24, 2.45) is 0 Å². The third kappa shape index (κ3) is 4.98. The van der Waals surface area contributed by atoms with E-state index >= 15 is 0 Å². The Kier molecular flexibility index (Phi) is 5.64. The van der Waals surface area contributed by atoms with Crippen LogP contribution >= 0.6 is 0 Å². The molecule has 0 aliphatic heterocycles. The monoisotopic (exact) mass is 223 g/mol. The van der Waals surface area contributed by atoms with E-state index in [1.807, 2.05) is 18.2 Å². The molecule has 4 heteroatoms. The molecule has 0 aromatic carbocycles. The summed E-state index contributed by atoms with van der Waals surface area (Å²) in [6.45, 7) is 2.08. The fourth-order valence-electron chi connectivity index (χ4n) is 1.40. The van der Waals surface area contributed by atoms with Crippen molar-refractivity contribution in [2.45, 2.75) is 12.8 Å². The predicted molar refractivity (Wildman–Crippen MR) is 67.1 cm³/mol.